The lowest BCUT2D eigenvalue weighted by Crippen LogP contribution is -2.22. The maximum absolute atomic E-state index is 12.5. The monoisotopic (exact) mass is 366 g/mol. The zero-order chi connectivity index (χ0) is 19.3. The van der Waals surface area contributed by atoms with Crippen LogP contribution >= 0.6 is 0 Å². The number of carbonyl (C=O) groups excluding carboxylic acids is 2. The first-order chi connectivity index (χ1) is 12.2. The van der Waals surface area contributed by atoms with Crippen molar-refractivity contribution in [2.75, 3.05) is 24.3 Å². The van der Waals surface area contributed by atoms with E-state index in [-0.39, 0.29) is 12.2 Å². The van der Waals surface area contributed by atoms with Gasteiger partial charge in [0.2, 0.25) is 5.91 Å². The Morgan fingerprint density at radius 3 is 2.31 bits per heavy atom. The molecule has 0 radical (unpaired) electrons. The van der Waals surface area contributed by atoms with E-state index in [1.165, 1.54) is 19.2 Å². The van der Waals surface area contributed by atoms with Crippen LogP contribution in [-0.2, 0) is 15.7 Å². The number of hydrogen-bond acceptors (Lipinski definition) is 4. The zero-order valence-electron chi connectivity index (χ0n) is 14.1. The number of benzene rings is 2. The Morgan fingerprint density at radius 2 is 1.73 bits per heavy atom. The van der Waals surface area contributed by atoms with Crippen molar-refractivity contribution >= 4 is 23.3 Å². The third-order valence-electron chi connectivity index (χ3n) is 3.59. The van der Waals surface area contributed by atoms with Crippen LogP contribution in [0, 0.1) is 6.92 Å². The first kappa shape index (κ1) is 19.3. The molecule has 0 aliphatic rings. The van der Waals surface area contributed by atoms with Gasteiger partial charge in [-0.15, -0.1) is 0 Å². The first-order valence-electron chi connectivity index (χ1n) is 7.60. The smallest absolute Gasteiger partial charge is 0.416 e. The highest BCUT2D eigenvalue weighted by atomic mass is 19.4. The minimum Gasteiger partial charge on any atom is -0.465 e. The van der Waals surface area contributed by atoms with Gasteiger partial charge in [0.05, 0.1) is 24.8 Å². The first-order valence-corrected chi connectivity index (χ1v) is 7.60. The van der Waals surface area contributed by atoms with E-state index in [2.05, 4.69) is 15.4 Å². The molecule has 26 heavy (non-hydrogen) atoms. The molecule has 8 heteroatoms. The number of ether oxygens (including phenoxy) is 1. The van der Waals surface area contributed by atoms with Crippen LogP contribution in [0.1, 0.15) is 21.5 Å². The summed E-state index contributed by atoms with van der Waals surface area (Å²) in [5, 5.41) is 5.39. The molecule has 5 nitrogen and oxygen atoms in total. The minimum absolute atomic E-state index is 0.119. The van der Waals surface area contributed by atoms with E-state index in [9.17, 15) is 22.8 Å². The number of esters is 1. The third kappa shape index (κ3) is 4.98. The molecule has 2 aromatic rings. The maximum Gasteiger partial charge on any atom is 0.416 e. The Hall–Kier alpha value is -3.03. The molecule has 2 rings (SSSR count). The van der Waals surface area contributed by atoms with Crippen molar-refractivity contribution in [1.29, 1.82) is 0 Å². The Bertz CT molecular complexity index is 802. The molecule has 0 atom stereocenters. The number of nitrogens with one attached hydrogen (secondary N) is 2. The fraction of sp³-hybridized carbons (Fsp3) is 0.222. The van der Waals surface area contributed by atoms with Gasteiger partial charge in [-0.2, -0.15) is 13.2 Å². The number of alkyl halides is 3. The van der Waals surface area contributed by atoms with Gasteiger partial charge in [0.25, 0.3) is 0 Å². The lowest BCUT2D eigenvalue weighted by atomic mass is 10.1. The van der Waals surface area contributed by atoms with Crippen LogP contribution in [0.3, 0.4) is 0 Å². The van der Waals surface area contributed by atoms with Crippen molar-refractivity contribution in [2.45, 2.75) is 13.1 Å². The predicted molar refractivity (Wildman–Crippen MR) is 91.1 cm³/mol. The Kier molecular flexibility index (Phi) is 5.86. The average Bonchev–Trinajstić information content (AvgIpc) is 2.60. The fourth-order valence-electron chi connectivity index (χ4n) is 2.18. The standard InChI is InChI=1S/C18H17F3N2O3/c1-11-3-4-12(17(25)26-2)9-15(11)22-10-16(24)23-14-7-5-13(6-8-14)18(19,20)21/h3-9,22H,10H2,1-2H3,(H,23,24). The van der Waals surface area contributed by atoms with Crippen LogP contribution in [0.5, 0.6) is 0 Å². The molecule has 0 aliphatic heterocycles. The molecular formula is C18H17F3N2O3. The lowest BCUT2D eigenvalue weighted by molar-refractivity contribution is -0.137. The zero-order valence-corrected chi connectivity index (χ0v) is 14.1. The van der Waals surface area contributed by atoms with E-state index in [4.69, 9.17) is 0 Å². The highest BCUT2D eigenvalue weighted by Gasteiger charge is 2.29. The molecule has 0 aromatic heterocycles. The summed E-state index contributed by atoms with van der Waals surface area (Å²) < 4.78 is 42.2. The van der Waals surface area contributed by atoms with Crippen molar-refractivity contribution in [1.82, 2.24) is 0 Å². The molecule has 138 valence electrons. The van der Waals surface area contributed by atoms with Crippen molar-refractivity contribution in [3.8, 4) is 0 Å². The Labute approximate surface area is 148 Å². The van der Waals surface area contributed by atoms with Crippen LogP contribution < -0.4 is 10.6 Å². The summed E-state index contributed by atoms with van der Waals surface area (Å²) in [6, 6.07) is 9.04. The van der Waals surface area contributed by atoms with Crippen LogP contribution in [0.2, 0.25) is 0 Å². The molecule has 0 bridgehead atoms. The third-order valence-corrected chi connectivity index (χ3v) is 3.59. The molecule has 2 N–H and O–H groups in total. The van der Waals surface area contributed by atoms with Crippen LogP contribution in [-0.4, -0.2) is 25.5 Å². The minimum atomic E-state index is -4.42. The second-order valence-corrected chi connectivity index (χ2v) is 5.50. The SMILES string of the molecule is COC(=O)c1ccc(C)c(NCC(=O)Nc2ccc(C(F)(F)F)cc2)c1. The fourth-order valence-corrected chi connectivity index (χ4v) is 2.18. The van der Waals surface area contributed by atoms with Crippen molar-refractivity contribution in [2.24, 2.45) is 0 Å². The molecule has 0 fully saturated rings. The Morgan fingerprint density at radius 1 is 1.08 bits per heavy atom. The molecule has 0 heterocycles. The van der Waals surface area contributed by atoms with E-state index in [1.807, 2.05) is 0 Å². The topological polar surface area (TPSA) is 67.4 Å². The van der Waals surface area contributed by atoms with Gasteiger partial charge in [0.15, 0.2) is 0 Å². The number of carbonyl (C=O) groups is 2. The van der Waals surface area contributed by atoms with Gasteiger partial charge in [-0.1, -0.05) is 6.07 Å². The van der Waals surface area contributed by atoms with Crippen molar-refractivity contribution in [3.05, 3.63) is 59.2 Å². The van der Waals surface area contributed by atoms with E-state index in [0.29, 0.717) is 11.3 Å². The van der Waals surface area contributed by atoms with Crippen molar-refractivity contribution < 1.29 is 27.5 Å². The number of methoxy groups -OCH3 is 1. The quantitative estimate of drug-likeness (QED) is 0.789. The largest absolute Gasteiger partial charge is 0.465 e. The van der Waals surface area contributed by atoms with Gasteiger partial charge < -0.3 is 15.4 Å². The Balaban J connectivity index is 1.98. The maximum atomic E-state index is 12.5. The normalized spacial score (nSPS) is 11.0. The summed E-state index contributed by atoms with van der Waals surface area (Å²) in [7, 11) is 1.27. The van der Waals surface area contributed by atoms with Gasteiger partial charge in [0.1, 0.15) is 0 Å². The highest BCUT2D eigenvalue weighted by molar-refractivity contribution is 5.94. The van der Waals surface area contributed by atoms with Gasteiger partial charge in [-0.05, 0) is 48.9 Å². The van der Waals surface area contributed by atoms with Gasteiger partial charge in [-0.3, -0.25) is 4.79 Å². The molecule has 0 spiro atoms. The van der Waals surface area contributed by atoms with Crippen molar-refractivity contribution in [3.63, 3.8) is 0 Å². The number of aryl methyl sites for hydroxylation is 1. The average molecular weight is 366 g/mol. The van der Waals surface area contributed by atoms with Gasteiger partial charge in [0, 0.05) is 11.4 Å². The number of hydrogen-bond donors (Lipinski definition) is 2. The number of anilines is 2. The number of amides is 1. The highest BCUT2D eigenvalue weighted by Crippen LogP contribution is 2.29. The molecule has 2 aromatic carbocycles. The molecule has 0 saturated carbocycles. The van der Waals surface area contributed by atoms with E-state index >= 15 is 0 Å². The van der Waals surface area contributed by atoms with Gasteiger partial charge in [-0.25, -0.2) is 4.79 Å². The second-order valence-electron chi connectivity index (χ2n) is 5.50. The summed E-state index contributed by atoms with van der Waals surface area (Å²) in [6.45, 7) is 1.68. The van der Waals surface area contributed by atoms with E-state index < -0.39 is 23.6 Å². The molecule has 0 aliphatic carbocycles. The molecule has 1 amide bonds. The summed E-state index contributed by atoms with van der Waals surface area (Å²) in [6.07, 6.45) is -4.42. The predicted octanol–water partition coefficient (Wildman–Crippen LogP) is 3.85. The van der Waals surface area contributed by atoms with E-state index in [1.54, 1.807) is 25.1 Å². The number of halogens is 3. The van der Waals surface area contributed by atoms with Crippen LogP contribution in [0.15, 0.2) is 42.5 Å². The number of rotatable bonds is 5. The molecular weight excluding hydrogens is 349 g/mol. The van der Waals surface area contributed by atoms with E-state index in [0.717, 1.165) is 17.7 Å². The van der Waals surface area contributed by atoms with Crippen LogP contribution in [0.25, 0.3) is 0 Å². The van der Waals surface area contributed by atoms with Crippen LogP contribution in [0.4, 0.5) is 24.5 Å². The lowest BCUT2D eigenvalue weighted by Gasteiger charge is -2.12. The summed E-state index contributed by atoms with van der Waals surface area (Å²) in [5.74, 6) is -0.935. The second kappa shape index (κ2) is 7.90. The summed E-state index contributed by atoms with van der Waals surface area (Å²) >= 11 is 0. The molecule has 0 saturated heterocycles. The summed E-state index contributed by atoms with van der Waals surface area (Å²) in [4.78, 5) is 23.5. The molecule has 0 unspecified atom stereocenters. The van der Waals surface area contributed by atoms with Gasteiger partial charge >= 0.3 is 12.1 Å². The summed E-state index contributed by atoms with van der Waals surface area (Å²) in [5.41, 5.74) is 1.20.